The van der Waals surface area contributed by atoms with Crippen molar-refractivity contribution < 1.29 is 14.1 Å². The summed E-state index contributed by atoms with van der Waals surface area (Å²) >= 11 is 1.82. The lowest BCUT2D eigenvalue weighted by atomic mass is 9.86. The maximum absolute atomic E-state index is 12.9. The molecule has 0 bridgehead atoms. The van der Waals surface area contributed by atoms with Crippen LogP contribution in [0.4, 0.5) is 0 Å². The lowest BCUT2D eigenvalue weighted by Gasteiger charge is -2.29. The number of fused-ring (bicyclic) bond motifs is 4. The van der Waals surface area contributed by atoms with E-state index >= 15 is 0 Å². The van der Waals surface area contributed by atoms with E-state index in [0.29, 0.717) is 0 Å². The van der Waals surface area contributed by atoms with Crippen LogP contribution in [0.5, 0.6) is 0 Å². The van der Waals surface area contributed by atoms with Crippen LogP contribution in [0, 0.1) is 6.92 Å². The van der Waals surface area contributed by atoms with Crippen molar-refractivity contribution in [2.45, 2.75) is 78.4 Å². The molecule has 2 aromatic rings. The highest BCUT2D eigenvalue weighted by Gasteiger charge is 2.34. The molecule has 6 heteroatoms. The monoisotopic (exact) mass is 448 g/mol. The minimum Gasteiger partial charge on any atom is -0.360 e. The van der Waals surface area contributed by atoms with E-state index in [-0.39, 0.29) is 5.78 Å². The molecule has 32 heavy (non-hydrogen) atoms. The van der Waals surface area contributed by atoms with Crippen LogP contribution >= 0.6 is 11.3 Å². The van der Waals surface area contributed by atoms with Crippen LogP contribution in [-0.4, -0.2) is 33.0 Å². The Labute approximate surface area is 193 Å². The van der Waals surface area contributed by atoms with E-state index in [4.69, 9.17) is 9.72 Å². The van der Waals surface area contributed by atoms with E-state index in [9.17, 15) is 4.79 Å². The van der Waals surface area contributed by atoms with Gasteiger partial charge in [-0.1, -0.05) is 6.08 Å². The predicted octanol–water partition coefficient (Wildman–Crippen LogP) is 5.68. The lowest BCUT2D eigenvalue weighted by Crippen LogP contribution is -2.28. The van der Waals surface area contributed by atoms with E-state index < -0.39 is 11.7 Å². The average Bonchev–Trinajstić information content (AvgIpc) is 3.33. The number of allylic oxidation sites excluding steroid dienone is 1. The number of carbonyl (C=O) groups is 1. The highest BCUT2D eigenvalue weighted by molar-refractivity contribution is 7.18. The fourth-order valence-corrected chi connectivity index (χ4v) is 6.24. The average molecular weight is 449 g/mol. The van der Waals surface area contributed by atoms with Gasteiger partial charge >= 0.3 is 5.84 Å². The Morgan fingerprint density at radius 2 is 2.03 bits per heavy atom. The summed E-state index contributed by atoms with van der Waals surface area (Å²) in [6, 6.07) is 0. The summed E-state index contributed by atoms with van der Waals surface area (Å²) in [4.78, 5) is 25.0. The number of aromatic nitrogens is 1. The third-order valence-corrected chi connectivity index (χ3v) is 7.44. The maximum atomic E-state index is 12.9. The summed E-state index contributed by atoms with van der Waals surface area (Å²) in [6.45, 7) is 9.64. The number of nitrogens with zero attached hydrogens (tertiary/aromatic N) is 3. The molecule has 5 nitrogen and oxygen atoms in total. The van der Waals surface area contributed by atoms with Crippen LogP contribution in [-0.2, 0) is 22.4 Å². The van der Waals surface area contributed by atoms with Gasteiger partial charge in [0.2, 0.25) is 0 Å². The van der Waals surface area contributed by atoms with E-state index in [1.54, 1.807) is 6.92 Å². The molecule has 0 aromatic carbocycles. The molecular formula is C26H30N3O2S+. The van der Waals surface area contributed by atoms with Gasteiger partial charge in [-0.2, -0.15) is 0 Å². The molecule has 1 aliphatic carbocycles. The first kappa shape index (κ1) is 21.4. The summed E-state index contributed by atoms with van der Waals surface area (Å²) in [6.07, 6.45) is 12.9. The Morgan fingerprint density at radius 1 is 1.25 bits per heavy atom. The van der Waals surface area contributed by atoms with Gasteiger partial charge < -0.3 is 4.74 Å². The first-order valence-electron chi connectivity index (χ1n) is 11.4. The Kier molecular flexibility index (Phi) is 5.25. The molecule has 0 spiro atoms. The Bertz CT molecular complexity index is 1250. The molecule has 166 valence electrons. The number of ketones is 1. The molecule has 3 aliphatic rings. The molecule has 1 atom stereocenters. The standard InChI is InChI=1S/C26H30N3O2S/c1-15-21(24(16(2)30)31-26(3,4)5)22(17-10-11-20-27-12-13-29(20)14-17)23-18-8-6-7-9-19(18)32-25(23)28-15/h10,12-14,24H,6-9,11H2,1-5H3/q+1/t24-/m1/s1. The normalized spacial score (nSPS) is 18.7. The summed E-state index contributed by atoms with van der Waals surface area (Å²) in [5.41, 5.74) is 5.00. The van der Waals surface area contributed by atoms with Crippen LogP contribution in [0.25, 0.3) is 15.8 Å². The maximum Gasteiger partial charge on any atom is 0.307 e. The number of hydrogen-bond acceptors (Lipinski definition) is 5. The molecule has 0 saturated carbocycles. The van der Waals surface area contributed by atoms with Gasteiger partial charge in [0.15, 0.2) is 12.0 Å². The van der Waals surface area contributed by atoms with Crippen molar-refractivity contribution >= 4 is 45.0 Å². The largest absolute Gasteiger partial charge is 0.360 e. The fourth-order valence-electron chi connectivity index (χ4n) is 4.93. The molecule has 2 aromatic heterocycles. The van der Waals surface area contributed by atoms with Gasteiger partial charge in [-0.15, -0.1) is 11.3 Å². The Balaban J connectivity index is 1.82. The lowest BCUT2D eigenvalue weighted by molar-refractivity contribution is -0.315. The number of carbonyl (C=O) groups excluding carboxylic acids is 1. The van der Waals surface area contributed by atoms with Crippen LogP contribution in [0.2, 0.25) is 0 Å². The van der Waals surface area contributed by atoms with Crippen LogP contribution < -0.4 is 0 Å². The Morgan fingerprint density at radius 3 is 2.78 bits per heavy atom. The van der Waals surface area contributed by atoms with Gasteiger partial charge in [0.1, 0.15) is 23.3 Å². The molecule has 0 unspecified atom stereocenters. The van der Waals surface area contributed by atoms with Crippen LogP contribution in [0.15, 0.2) is 23.5 Å². The zero-order valence-corrected chi connectivity index (χ0v) is 20.3. The number of thiophene rings is 1. The second-order valence-corrected chi connectivity index (χ2v) is 10.9. The highest BCUT2D eigenvalue weighted by Crippen LogP contribution is 2.44. The summed E-state index contributed by atoms with van der Waals surface area (Å²) in [5.74, 6) is 1.04. The summed E-state index contributed by atoms with van der Waals surface area (Å²) in [7, 11) is 0. The molecule has 5 rings (SSSR count). The number of hydrogen-bond donors (Lipinski definition) is 0. The number of aliphatic imine (C=N–C) groups is 1. The van der Waals surface area contributed by atoms with Crippen LogP contribution in [0.3, 0.4) is 0 Å². The van der Waals surface area contributed by atoms with Gasteiger partial charge in [0.05, 0.1) is 12.0 Å². The SMILES string of the molecule is CC(=O)[C@@H](OC(C)(C)C)c1c(C)nc2sc3c(c2c1C1=CCC2=NC=C[N+]2=C1)CCCC3. The molecule has 0 radical (unpaired) electrons. The first-order valence-corrected chi connectivity index (χ1v) is 12.2. The zero-order valence-electron chi connectivity index (χ0n) is 19.5. The summed E-state index contributed by atoms with van der Waals surface area (Å²) < 4.78 is 8.47. The molecule has 4 heterocycles. The Hall–Kier alpha value is -2.44. The number of aryl methyl sites for hydroxylation is 3. The predicted molar refractivity (Wildman–Crippen MR) is 131 cm³/mol. The van der Waals surface area contributed by atoms with E-state index in [1.165, 1.54) is 28.7 Å². The highest BCUT2D eigenvalue weighted by atomic mass is 32.1. The van der Waals surface area contributed by atoms with Gasteiger partial charge in [-0.3, -0.25) is 4.79 Å². The molecule has 0 fully saturated rings. The number of amidine groups is 1. The first-order chi connectivity index (χ1) is 15.2. The van der Waals surface area contributed by atoms with Gasteiger partial charge in [-0.25, -0.2) is 9.56 Å². The number of pyridine rings is 1. The van der Waals surface area contributed by atoms with Gasteiger partial charge in [0, 0.05) is 32.7 Å². The van der Waals surface area contributed by atoms with Crippen molar-refractivity contribution in [2.24, 2.45) is 4.99 Å². The quantitative estimate of drug-likeness (QED) is 0.565. The second kappa shape index (κ2) is 7.85. The van der Waals surface area contributed by atoms with E-state index in [2.05, 4.69) is 21.9 Å². The number of Topliss-reactive ketones (excluding diaryl/α,β-unsaturated/α-hetero) is 1. The minimum absolute atomic E-state index is 0.00857. The van der Waals surface area contributed by atoms with Crippen molar-refractivity contribution in [2.75, 3.05) is 0 Å². The van der Waals surface area contributed by atoms with E-state index in [0.717, 1.165) is 52.3 Å². The van der Waals surface area contributed by atoms with Crippen molar-refractivity contribution in [3.63, 3.8) is 0 Å². The van der Waals surface area contributed by atoms with Crippen molar-refractivity contribution in [1.29, 1.82) is 0 Å². The van der Waals surface area contributed by atoms with Gasteiger partial charge in [0.25, 0.3) is 0 Å². The number of ether oxygens (including phenoxy) is 1. The third kappa shape index (κ3) is 3.69. The smallest absolute Gasteiger partial charge is 0.307 e. The fraction of sp³-hybridized carbons (Fsp3) is 0.462. The van der Waals surface area contributed by atoms with Gasteiger partial charge in [-0.05, 0) is 70.9 Å². The molecule has 2 aliphatic heterocycles. The van der Waals surface area contributed by atoms with Crippen molar-refractivity contribution in [3.05, 3.63) is 45.7 Å². The topological polar surface area (TPSA) is 54.6 Å². The van der Waals surface area contributed by atoms with E-state index in [1.807, 2.05) is 51.4 Å². The summed E-state index contributed by atoms with van der Waals surface area (Å²) in [5, 5.41) is 1.22. The number of rotatable bonds is 4. The minimum atomic E-state index is -0.653. The van der Waals surface area contributed by atoms with Crippen molar-refractivity contribution in [3.8, 4) is 0 Å². The molecule has 0 N–H and O–H groups in total. The van der Waals surface area contributed by atoms with Crippen molar-refractivity contribution in [1.82, 2.24) is 4.98 Å². The molecule has 0 amide bonds. The zero-order chi connectivity index (χ0) is 22.6. The molecule has 0 saturated heterocycles. The second-order valence-electron chi connectivity index (χ2n) is 9.84. The van der Waals surface area contributed by atoms with Crippen LogP contribution in [0.1, 0.15) is 80.3 Å². The third-order valence-electron chi connectivity index (χ3n) is 6.25. The molecular weight excluding hydrogens is 418 g/mol.